The van der Waals surface area contributed by atoms with Crippen LogP contribution in [0, 0.1) is 12.7 Å². The Morgan fingerprint density at radius 3 is 2.66 bits per heavy atom. The molecule has 2 aliphatic heterocycles. The van der Waals surface area contributed by atoms with Crippen molar-refractivity contribution in [3.8, 4) is 0 Å². The first-order valence-electron chi connectivity index (χ1n) is 14.9. The summed E-state index contributed by atoms with van der Waals surface area (Å²) in [4.78, 5) is 20.3. The van der Waals surface area contributed by atoms with Crippen molar-refractivity contribution in [3.63, 3.8) is 0 Å². The van der Waals surface area contributed by atoms with Crippen molar-refractivity contribution >= 4 is 23.3 Å². The number of benzene rings is 1. The van der Waals surface area contributed by atoms with Crippen LogP contribution in [0.1, 0.15) is 50.4 Å². The number of aromatic nitrogens is 3. The third-order valence-electron chi connectivity index (χ3n) is 7.80. The maximum atomic E-state index is 12.0. The first-order valence-corrected chi connectivity index (χ1v) is 14.9. The quantitative estimate of drug-likeness (QED) is 0.218. The van der Waals surface area contributed by atoms with E-state index in [4.69, 9.17) is 9.73 Å². The van der Waals surface area contributed by atoms with Crippen LogP contribution in [-0.2, 0) is 23.2 Å². The molecule has 1 amide bonds. The van der Waals surface area contributed by atoms with Crippen LogP contribution in [0.3, 0.4) is 0 Å². The number of pyridine rings is 1. The first kappa shape index (κ1) is 32.3. The molecule has 2 unspecified atom stereocenters. The van der Waals surface area contributed by atoms with Gasteiger partial charge < -0.3 is 15.4 Å². The Balaban J connectivity index is 0.000000479. The Bertz CT molecular complexity index is 1460. The SMILES string of the molecule is CCc1ccccc1NC1CC[C@H](C2=NCC=CN2)NC1(/C(C)=N/NC(=O)OC)c1cnn(CC)c1.Cc1ccc(F)cn1. The Morgan fingerprint density at radius 2 is 2.02 bits per heavy atom. The molecule has 2 aliphatic rings. The second-order valence-electron chi connectivity index (χ2n) is 10.6. The number of carbonyl (C=O) groups excluding carboxylic acids is 1. The number of hydrogen-bond donors (Lipinski definition) is 4. The summed E-state index contributed by atoms with van der Waals surface area (Å²) in [6, 6.07) is 11.3. The van der Waals surface area contributed by atoms with Crippen molar-refractivity contribution in [2.24, 2.45) is 10.1 Å². The Kier molecular flexibility index (Phi) is 11.2. The number of halogens is 1. The molecule has 0 saturated carbocycles. The summed E-state index contributed by atoms with van der Waals surface area (Å²) in [6.07, 6.45) is 11.0. The predicted molar refractivity (Wildman–Crippen MR) is 171 cm³/mol. The number of piperidine rings is 1. The summed E-state index contributed by atoms with van der Waals surface area (Å²) in [5.41, 5.74) is 6.54. The fourth-order valence-corrected chi connectivity index (χ4v) is 5.45. The third kappa shape index (κ3) is 7.67. The van der Waals surface area contributed by atoms with Gasteiger partial charge in [0, 0.05) is 35.9 Å². The average molecular weight is 604 g/mol. The Hall–Kier alpha value is -4.58. The van der Waals surface area contributed by atoms with Gasteiger partial charge in [0.15, 0.2) is 0 Å². The maximum absolute atomic E-state index is 12.0. The minimum atomic E-state index is -0.788. The molecule has 44 heavy (non-hydrogen) atoms. The number of nitrogens with one attached hydrogen (secondary N) is 4. The summed E-state index contributed by atoms with van der Waals surface area (Å²) < 4.78 is 18.7. The highest BCUT2D eigenvalue weighted by atomic mass is 19.1. The molecular formula is C32H42FN9O2. The zero-order valence-electron chi connectivity index (χ0n) is 26.0. The smallest absolute Gasteiger partial charge is 0.427 e. The topological polar surface area (TPSA) is 130 Å². The number of aliphatic imine (C=N–C) groups is 1. The van der Waals surface area contributed by atoms with Gasteiger partial charge in [-0.25, -0.2) is 14.6 Å². The van der Waals surface area contributed by atoms with E-state index in [2.05, 4.69) is 68.6 Å². The van der Waals surface area contributed by atoms with E-state index in [-0.39, 0.29) is 17.9 Å². The number of nitrogens with zero attached hydrogens (tertiary/aromatic N) is 5. The van der Waals surface area contributed by atoms with Gasteiger partial charge in [0.1, 0.15) is 17.2 Å². The van der Waals surface area contributed by atoms with Crippen LogP contribution in [0.5, 0.6) is 0 Å². The molecular weight excluding hydrogens is 561 g/mol. The highest BCUT2D eigenvalue weighted by molar-refractivity contribution is 5.97. The number of amidine groups is 1. The van der Waals surface area contributed by atoms with E-state index in [9.17, 15) is 9.18 Å². The predicted octanol–water partition coefficient (Wildman–Crippen LogP) is 4.67. The highest BCUT2D eigenvalue weighted by Gasteiger charge is 2.49. The standard InChI is InChI=1S/C26H36N8O2.C6H6FN/c1-5-19-10-7-8-11-21(19)30-23-13-12-22(24-27-14-9-15-28-24)31-26(23,18(3)32-33-25(35)36-4)20-16-29-34(6-2)17-20;1-5-2-3-6(7)4-8-5/h7-11,14,16-17,22-23,30-31H,5-6,12-13,15H2,1-4H3,(H,27,28)(H,33,35);2-4H,1H3/b32-18+;/t22-,23?,26?;/m1./s1. The monoisotopic (exact) mass is 603 g/mol. The van der Waals surface area contributed by atoms with Gasteiger partial charge in [0.25, 0.3) is 0 Å². The van der Waals surface area contributed by atoms with Gasteiger partial charge in [0.05, 0.1) is 43.8 Å². The fraction of sp³-hybridized carbons (Fsp3) is 0.406. The molecule has 11 nitrogen and oxygen atoms in total. The van der Waals surface area contributed by atoms with Crippen molar-refractivity contribution in [2.45, 2.75) is 71.1 Å². The van der Waals surface area contributed by atoms with Crippen LogP contribution in [0.2, 0.25) is 0 Å². The van der Waals surface area contributed by atoms with E-state index in [0.29, 0.717) is 12.3 Å². The molecule has 4 heterocycles. The van der Waals surface area contributed by atoms with Gasteiger partial charge in [-0.2, -0.15) is 10.2 Å². The number of methoxy groups -OCH3 is 1. The minimum absolute atomic E-state index is 0.0392. The molecule has 3 aromatic rings. The van der Waals surface area contributed by atoms with E-state index in [1.54, 1.807) is 6.07 Å². The average Bonchev–Trinajstić information content (AvgIpc) is 3.56. The van der Waals surface area contributed by atoms with Crippen LogP contribution >= 0.6 is 0 Å². The number of hydrazone groups is 1. The van der Waals surface area contributed by atoms with Crippen LogP contribution < -0.4 is 21.4 Å². The number of carbonyl (C=O) groups is 1. The van der Waals surface area contributed by atoms with Crippen molar-refractivity contribution in [1.82, 2.24) is 30.8 Å². The van der Waals surface area contributed by atoms with Crippen molar-refractivity contribution < 1.29 is 13.9 Å². The largest absolute Gasteiger partial charge is 0.452 e. The molecule has 0 radical (unpaired) electrons. The molecule has 12 heteroatoms. The number of ether oxygens (including phenoxy) is 1. The van der Waals surface area contributed by atoms with Gasteiger partial charge in [-0.1, -0.05) is 25.1 Å². The van der Waals surface area contributed by atoms with Crippen molar-refractivity contribution in [1.29, 1.82) is 0 Å². The van der Waals surface area contributed by atoms with E-state index in [0.717, 1.165) is 48.6 Å². The number of hydrogen-bond acceptors (Lipinski definition) is 9. The van der Waals surface area contributed by atoms with Gasteiger partial charge in [-0.15, -0.1) is 0 Å². The normalized spacial score (nSPS) is 21.3. The van der Waals surface area contributed by atoms with E-state index in [1.807, 2.05) is 49.3 Å². The highest BCUT2D eigenvalue weighted by Crippen LogP contribution is 2.37. The molecule has 1 fully saturated rings. The maximum Gasteiger partial charge on any atom is 0.427 e. The lowest BCUT2D eigenvalue weighted by atomic mass is 9.73. The number of rotatable bonds is 8. The second kappa shape index (κ2) is 15.2. The van der Waals surface area contributed by atoms with Crippen LogP contribution in [-0.4, -0.2) is 58.1 Å². The number of aryl methyl sites for hydroxylation is 3. The molecule has 1 saturated heterocycles. The van der Waals surface area contributed by atoms with Crippen LogP contribution in [0.4, 0.5) is 14.9 Å². The molecule has 2 aromatic heterocycles. The summed E-state index contributed by atoms with van der Waals surface area (Å²) in [7, 11) is 1.32. The van der Waals surface area contributed by atoms with Crippen LogP contribution in [0.25, 0.3) is 0 Å². The van der Waals surface area contributed by atoms with E-state index < -0.39 is 11.6 Å². The summed E-state index contributed by atoms with van der Waals surface area (Å²) in [5, 5.41) is 20.1. The number of amides is 1. The minimum Gasteiger partial charge on any atom is -0.452 e. The van der Waals surface area contributed by atoms with Crippen molar-refractivity contribution in [2.75, 3.05) is 19.0 Å². The van der Waals surface area contributed by atoms with Gasteiger partial charge in [-0.05, 0) is 69.9 Å². The Labute approximate surface area is 258 Å². The fourth-order valence-electron chi connectivity index (χ4n) is 5.45. The number of para-hydroxylation sites is 1. The summed E-state index contributed by atoms with van der Waals surface area (Å²) in [6.45, 7) is 9.34. The summed E-state index contributed by atoms with van der Waals surface area (Å²) >= 11 is 0. The molecule has 0 aliphatic carbocycles. The lowest BCUT2D eigenvalue weighted by Gasteiger charge is -2.48. The van der Waals surface area contributed by atoms with Crippen molar-refractivity contribution in [3.05, 3.63) is 89.9 Å². The molecule has 1 aromatic carbocycles. The van der Waals surface area contributed by atoms with Crippen LogP contribution in [0.15, 0.2) is 77.4 Å². The molecule has 4 N–H and O–H groups in total. The van der Waals surface area contributed by atoms with E-state index in [1.165, 1.54) is 24.9 Å². The molecule has 3 atom stereocenters. The van der Waals surface area contributed by atoms with E-state index >= 15 is 0 Å². The van der Waals surface area contributed by atoms with Gasteiger partial charge in [0.2, 0.25) is 0 Å². The zero-order chi connectivity index (χ0) is 31.5. The zero-order valence-corrected chi connectivity index (χ0v) is 26.0. The van der Waals surface area contributed by atoms with Gasteiger partial charge >= 0.3 is 6.09 Å². The molecule has 0 spiro atoms. The second-order valence-corrected chi connectivity index (χ2v) is 10.6. The van der Waals surface area contributed by atoms with Gasteiger partial charge in [-0.3, -0.25) is 20.0 Å². The molecule has 5 rings (SSSR count). The lowest BCUT2D eigenvalue weighted by molar-refractivity contribution is 0.171. The molecule has 234 valence electrons. The lowest BCUT2D eigenvalue weighted by Crippen LogP contribution is -2.67. The Morgan fingerprint density at radius 1 is 1.20 bits per heavy atom. The molecule has 0 bridgehead atoms. The number of anilines is 1. The third-order valence-corrected chi connectivity index (χ3v) is 7.80. The summed E-state index contributed by atoms with van der Waals surface area (Å²) in [5.74, 6) is 0.612. The first-order chi connectivity index (χ1) is 21.3.